The number of carbonyl (C=O) groups is 1. The maximum atomic E-state index is 12.6. The van der Waals surface area contributed by atoms with Crippen LogP contribution in [-0.4, -0.2) is 65.2 Å². The van der Waals surface area contributed by atoms with E-state index in [-0.39, 0.29) is 11.8 Å². The van der Waals surface area contributed by atoms with Gasteiger partial charge in [-0.2, -0.15) is 4.98 Å². The monoisotopic (exact) mass is 398 g/mol. The van der Waals surface area contributed by atoms with E-state index in [1.54, 1.807) is 13.1 Å². The smallest absolute Gasteiger partial charge is 0.223 e. The molecule has 0 unspecified atom stereocenters. The summed E-state index contributed by atoms with van der Waals surface area (Å²) in [6.45, 7) is 7.42. The van der Waals surface area contributed by atoms with Crippen LogP contribution in [0.15, 0.2) is 22.9 Å². The molecule has 4 heterocycles. The van der Waals surface area contributed by atoms with Gasteiger partial charge in [0.25, 0.3) is 0 Å². The van der Waals surface area contributed by atoms with Gasteiger partial charge in [-0.3, -0.25) is 4.79 Å². The minimum Gasteiger partial charge on any atom is -0.356 e. The first kappa shape index (κ1) is 19.8. The van der Waals surface area contributed by atoms with E-state index in [0.29, 0.717) is 11.7 Å². The summed E-state index contributed by atoms with van der Waals surface area (Å²) in [4.78, 5) is 26.1. The highest BCUT2D eigenvalue weighted by molar-refractivity contribution is 5.79. The summed E-state index contributed by atoms with van der Waals surface area (Å²) in [7, 11) is 0. The lowest BCUT2D eigenvalue weighted by atomic mass is 9.95. The Bertz CT molecular complexity index is 809. The molecule has 2 saturated heterocycles. The highest BCUT2D eigenvalue weighted by Crippen LogP contribution is 2.30. The third-order valence-electron chi connectivity index (χ3n) is 5.90. The minimum atomic E-state index is 0.0761. The van der Waals surface area contributed by atoms with Gasteiger partial charge < -0.3 is 19.6 Å². The molecular weight excluding hydrogens is 368 g/mol. The standard InChI is InChI=1S/C21H30N6O2/c1-16-24-19(25-29-16)18-6-5-9-22-20(18)27-13-7-17(8-14-27)21(28)23-10-15-26-11-3-2-4-12-26/h5-6,9,17H,2-4,7-8,10-15H2,1H3,(H,23,28). The van der Waals surface area contributed by atoms with E-state index >= 15 is 0 Å². The van der Waals surface area contributed by atoms with Crippen molar-refractivity contribution in [3.05, 3.63) is 24.2 Å². The molecule has 0 spiro atoms. The van der Waals surface area contributed by atoms with E-state index in [2.05, 4.69) is 30.2 Å². The molecule has 2 aliphatic heterocycles. The van der Waals surface area contributed by atoms with Crippen LogP contribution in [0, 0.1) is 12.8 Å². The number of nitrogens with zero attached hydrogens (tertiary/aromatic N) is 5. The van der Waals surface area contributed by atoms with Gasteiger partial charge in [0.05, 0.1) is 5.56 Å². The number of nitrogens with one attached hydrogen (secondary N) is 1. The molecule has 2 aromatic rings. The average Bonchev–Trinajstić information content (AvgIpc) is 3.21. The Kier molecular flexibility index (Phi) is 6.39. The molecule has 156 valence electrons. The fourth-order valence-corrected chi connectivity index (χ4v) is 4.25. The summed E-state index contributed by atoms with van der Waals surface area (Å²) < 4.78 is 5.13. The Balaban J connectivity index is 1.29. The van der Waals surface area contributed by atoms with Crippen LogP contribution in [0.4, 0.5) is 5.82 Å². The number of rotatable bonds is 6. The first-order chi connectivity index (χ1) is 14.2. The molecule has 1 amide bonds. The third kappa shape index (κ3) is 4.93. The number of hydrogen-bond donors (Lipinski definition) is 1. The third-order valence-corrected chi connectivity index (χ3v) is 5.90. The number of likely N-dealkylation sites (tertiary alicyclic amines) is 1. The molecule has 2 aliphatic rings. The fraction of sp³-hybridized carbons (Fsp3) is 0.619. The number of pyridine rings is 1. The van der Waals surface area contributed by atoms with E-state index in [9.17, 15) is 4.79 Å². The van der Waals surface area contributed by atoms with Crippen molar-refractivity contribution < 1.29 is 9.32 Å². The van der Waals surface area contributed by atoms with Gasteiger partial charge in [0.15, 0.2) is 0 Å². The van der Waals surface area contributed by atoms with Gasteiger partial charge in [0.2, 0.25) is 17.6 Å². The van der Waals surface area contributed by atoms with E-state index in [0.717, 1.165) is 50.4 Å². The van der Waals surface area contributed by atoms with Gasteiger partial charge >= 0.3 is 0 Å². The summed E-state index contributed by atoms with van der Waals surface area (Å²) in [5.41, 5.74) is 0.869. The Labute approximate surface area is 171 Å². The molecule has 2 aromatic heterocycles. The van der Waals surface area contributed by atoms with Gasteiger partial charge in [0, 0.05) is 45.2 Å². The second-order valence-corrected chi connectivity index (χ2v) is 7.97. The zero-order valence-electron chi connectivity index (χ0n) is 17.1. The first-order valence-corrected chi connectivity index (χ1v) is 10.7. The highest BCUT2D eigenvalue weighted by atomic mass is 16.5. The van der Waals surface area contributed by atoms with Crippen LogP contribution in [0.1, 0.15) is 38.0 Å². The summed E-state index contributed by atoms with van der Waals surface area (Å²) in [5, 5.41) is 7.18. The molecule has 1 N–H and O–H groups in total. The summed E-state index contributed by atoms with van der Waals surface area (Å²) in [6, 6.07) is 3.85. The molecule has 0 radical (unpaired) electrons. The average molecular weight is 399 g/mol. The number of aryl methyl sites for hydroxylation is 1. The van der Waals surface area contributed by atoms with Crippen molar-refractivity contribution >= 4 is 11.7 Å². The van der Waals surface area contributed by atoms with Gasteiger partial charge in [-0.1, -0.05) is 11.6 Å². The predicted molar refractivity (Wildman–Crippen MR) is 111 cm³/mol. The SMILES string of the molecule is Cc1nc(-c2cccnc2N2CCC(C(=O)NCCN3CCCCC3)CC2)no1. The van der Waals surface area contributed by atoms with E-state index in [1.807, 2.05) is 12.1 Å². The van der Waals surface area contributed by atoms with E-state index in [4.69, 9.17) is 4.52 Å². The Morgan fingerprint density at radius 3 is 2.72 bits per heavy atom. The lowest BCUT2D eigenvalue weighted by molar-refractivity contribution is -0.125. The molecule has 0 aromatic carbocycles. The van der Waals surface area contributed by atoms with Crippen LogP contribution in [0.25, 0.3) is 11.4 Å². The molecule has 8 heteroatoms. The molecule has 0 bridgehead atoms. The molecule has 0 atom stereocenters. The first-order valence-electron chi connectivity index (χ1n) is 10.7. The van der Waals surface area contributed by atoms with Gasteiger partial charge in [-0.05, 0) is 50.9 Å². The number of hydrogen-bond acceptors (Lipinski definition) is 7. The van der Waals surface area contributed by atoms with Gasteiger partial charge in [-0.15, -0.1) is 0 Å². The second kappa shape index (κ2) is 9.35. The van der Waals surface area contributed by atoms with Crippen molar-refractivity contribution in [3.8, 4) is 11.4 Å². The van der Waals surface area contributed by atoms with Crippen LogP contribution in [0.5, 0.6) is 0 Å². The topological polar surface area (TPSA) is 87.4 Å². The normalized spacial score (nSPS) is 18.7. The highest BCUT2D eigenvalue weighted by Gasteiger charge is 2.27. The number of piperidine rings is 2. The maximum Gasteiger partial charge on any atom is 0.223 e. The second-order valence-electron chi connectivity index (χ2n) is 7.97. The van der Waals surface area contributed by atoms with E-state index < -0.39 is 0 Å². The molecule has 0 saturated carbocycles. The maximum absolute atomic E-state index is 12.6. The summed E-state index contributed by atoms with van der Waals surface area (Å²) >= 11 is 0. The quantitative estimate of drug-likeness (QED) is 0.798. The predicted octanol–water partition coefficient (Wildman–Crippen LogP) is 2.26. The van der Waals surface area contributed by atoms with Crippen LogP contribution in [-0.2, 0) is 4.79 Å². The van der Waals surface area contributed by atoms with Crippen molar-refractivity contribution in [2.24, 2.45) is 5.92 Å². The number of amides is 1. The van der Waals surface area contributed by atoms with Crippen LogP contribution in [0.2, 0.25) is 0 Å². The number of anilines is 1. The fourth-order valence-electron chi connectivity index (χ4n) is 4.25. The molecule has 0 aliphatic carbocycles. The van der Waals surface area contributed by atoms with Crippen LogP contribution < -0.4 is 10.2 Å². The zero-order valence-corrected chi connectivity index (χ0v) is 17.1. The zero-order chi connectivity index (χ0) is 20.1. The largest absolute Gasteiger partial charge is 0.356 e. The molecule has 4 rings (SSSR count). The van der Waals surface area contributed by atoms with Crippen molar-refractivity contribution in [2.45, 2.75) is 39.0 Å². The van der Waals surface area contributed by atoms with Crippen molar-refractivity contribution in [2.75, 3.05) is 44.2 Å². The molecule has 2 fully saturated rings. The molecule has 8 nitrogen and oxygen atoms in total. The lowest BCUT2D eigenvalue weighted by Gasteiger charge is -2.33. The molecular formula is C21H30N6O2. The van der Waals surface area contributed by atoms with Crippen molar-refractivity contribution in [3.63, 3.8) is 0 Å². The summed E-state index contributed by atoms with van der Waals surface area (Å²) in [5.74, 6) is 2.22. The Morgan fingerprint density at radius 2 is 2.00 bits per heavy atom. The van der Waals surface area contributed by atoms with Gasteiger partial charge in [-0.25, -0.2) is 4.98 Å². The van der Waals surface area contributed by atoms with Crippen LogP contribution in [0.3, 0.4) is 0 Å². The minimum absolute atomic E-state index is 0.0761. The Hall–Kier alpha value is -2.48. The Morgan fingerprint density at radius 1 is 1.21 bits per heavy atom. The number of carbonyl (C=O) groups excluding carboxylic acids is 1. The lowest BCUT2D eigenvalue weighted by Crippen LogP contribution is -2.43. The van der Waals surface area contributed by atoms with Gasteiger partial charge in [0.1, 0.15) is 5.82 Å². The summed E-state index contributed by atoms with van der Waals surface area (Å²) in [6.07, 6.45) is 7.35. The van der Waals surface area contributed by atoms with Crippen molar-refractivity contribution in [1.29, 1.82) is 0 Å². The molecule has 29 heavy (non-hydrogen) atoms. The number of aromatic nitrogens is 3. The van der Waals surface area contributed by atoms with Crippen molar-refractivity contribution in [1.82, 2.24) is 25.3 Å². The van der Waals surface area contributed by atoms with E-state index in [1.165, 1.54) is 32.4 Å². The van der Waals surface area contributed by atoms with Crippen LogP contribution >= 0.6 is 0 Å².